The molecule has 3 N–H and O–H groups in total. The van der Waals surface area contributed by atoms with Crippen LogP contribution in [0.5, 0.6) is 5.75 Å². The predicted octanol–water partition coefficient (Wildman–Crippen LogP) is 5.43. The van der Waals surface area contributed by atoms with Crippen LogP contribution in [0.25, 0.3) is 0 Å². The average Bonchev–Trinajstić information content (AvgIpc) is 2.93. The molecule has 248 valence electrons. The van der Waals surface area contributed by atoms with Crippen molar-refractivity contribution in [1.82, 2.24) is 16.0 Å². The number of esters is 1. The number of carbonyl (C=O) groups excluding carboxylic acids is 4. The Bertz CT molecular complexity index is 1070. The molecule has 0 bridgehead atoms. The largest absolute Gasteiger partial charge is 0.494 e. The normalized spacial score (nSPS) is 15.3. The molecular weight excluding hydrogens is 566 g/mol. The van der Waals surface area contributed by atoms with E-state index in [2.05, 4.69) is 16.0 Å². The van der Waals surface area contributed by atoms with Gasteiger partial charge in [-0.05, 0) is 97.3 Å². The maximum Gasteiger partial charge on any atom is 0.408 e. The zero-order chi connectivity index (χ0) is 32.8. The number of alkyl carbamates (subject to hydrolysis) is 2. The zero-order valence-corrected chi connectivity index (χ0v) is 27.6. The molecule has 11 heteroatoms. The van der Waals surface area contributed by atoms with Crippen LogP contribution in [-0.4, -0.2) is 67.6 Å². The van der Waals surface area contributed by atoms with E-state index in [1.54, 1.807) is 20.8 Å². The molecule has 1 unspecified atom stereocenters. The van der Waals surface area contributed by atoms with Crippen LogP contribution in [0.3, 0.4) is 0 Å². The van der Waals surface area contributed by atoms with Gasteiger partial charge in [-0.3, -0.25) is 4.79 Å². The molecule has 1 aromatic rings. The highest BCUT2D eigenvalue weighted by Crippen LogP contribution is 2.27. The van der Waals surface area contributed by atoms with Crippen molar-refractivity contribution in [1.29, 1.82) is 0 Å². The number of rotatable bonds is 14. The molecule has 0 radical (unpaired) electrons. The fraction of sp³-hybridized carbons (Fsp3) is 0.697. The first kappa shape index (κ1) is 36.7. The van der Waals surface area contributed by atoms with Crippen molar-refractivity contribution in [2.75, 3.05) is 20.3 Å². The number of hydrogen-bond donors (Lipinski definition) is 3. The van der Waals surface area contributed by atoms with Crippen molar-refractivity contribution < 1.29 is 38.1 Å². The van der Waals surface area contributed by atoms with Crippen LogP contribution in [0.15, 0.2) is 24.3 Å². The van der Waals surface area contributed by atoms with Gasteiger partial charge >= 0.3 is 18.2 Å². The summed E-state index contributed by atoms with van der Waals surface area (Å²) in [5.41, 5.74) is -0.446. The van der Waals surface area contributed by atoms with E-state index in [0.29, 0.717) is 18.9 Å². The molecule has 1 aliphatic rings. The second kappa shape index (κ2) is 17.7. The Morgan fingerprint density at radius 1 is 0.864 bits per heavy atom. The molecule has 0 aliphatic heterocycles. The Morgan fingerprint density at radius 2 is 1.52 bits per heavy atom. The van der Waals surface area contributed by atoms with Gasteiger partial charge in [0.1, 0.15) is 29.0 Å². The van der Waals surface area contributed by atoms with Gasteiger partial charge in [0.05, 0.1) is 13.7 Å². The van der Waals surface area contributed by atoms with Gasteiger partial charge in [-0.25, -0.2) is 14.4 Å². The van der Waals surface area contributed by atoms with E-state index in [4.69, 9.17) is 18.9 Å². The molecule has 11 nitrogen and oxygen atoms in total. The van der Waals surface area contributed by atoms with E-state index in [1.165, 1.54) is 7.11 Å². The number of amides is 3. The molecular formula is C33H53N3O8. The molecule has 1 fully saturated rings. The van der Waals surface area contributed by atoms with E-state index in [-0.39, 0.29) is 12.3 Å². The van der Waals surface area contributed by atoms with Gasteiger partial charge < -0.3 is 34.9 Å². The molecule has 1 saturated carbocycles. The maximum atomic E-state index is 13.5. The number of unbranched alkanes of at least 4 members (excludes halogenated alkanes) is 2. The summed E-state index contributed by atoms with van der Waals surface area (Å²) < 4.78 is 21.6. The van der Waals surface area contributed by atoms with Crippen LogP contribution in [0, 0.1) is 5.92 Å². The van der Waals surface area contributed by atoms with Crippen molar-refractivity contribution in [2.24, 2.45) is 5.92 Å². The first-order valence-electron chi connectivity index (χ1n) is 15.7. The molecule has 44 heavy (non-hydrogen) atoms. The SMILES string of the molecule is COC(=O)C(Cc1cccc(OCCCCCNC(=O)OC(C)(C)C)c1)NC(=O)[C@@H](NC(=O)OC(C)(C)C)C1CCCCC1. The lowest BCUT2D eigenvalue weighted by Crippen LogP contribution is -2.56. The highest BCUT2D eigenvalue weighted by atomic mass is 16.6. The lowest BCUT2D eigenvalue weighted by atomic mass is 9.83. The molecule has 3 amide bonds. The Balaban J connectivity index is 1.94. The van der Waals surface area contributed by atoms with Crippen LogP contribution < -0.4 is 20.7 Å². The topological polar surface area (TPSA) is 141 Å². The first-order chi connectivity index (χ1) is 20.7. The average molecular weight is 620 g/mol. The smallest absolute Gasteiger partial charge is 0.408 e. The Hall–Kier alpha value is -3.50. The number of hydrogen-bond acceptors (Lipinski definition) is 8. The van der Waals surface area contributed by atoms with E-state index < -0.39 is 47.3 Å². The van der Waals surface area contributed by atoms with Gasteiger partial charge in [-0.15, -0.1) is 0 Å². The molecule has 0 saturated heterocycles. The lowest BCUT2D eigenvalue weighted by Gasteiger charge is -2.31. The summed E-state index contributed by atoms with van der Waals surface area (Å²) in [4.78, 5) is 50.6. The molecule has 2 rings (SSSR count). The summed E-state index contributed by atoms with van der Waals surface area (Å²) >= 11 is 0. The third-order valence-electron chi connectivity index (χ3n) is 6.97. The monoisotopic (exact) mass is 619 g/mol. The van der Waals surface area contributed by atoms with Crippen LogP contribution in [-0.2, 0) is 30.2 Å². The van der Waals surface area contributed by atoms with Gasteiger partial charge in [0, 0.05) is 13.0 Å². The standard InChI is InChI=1S/C33H53N3O8/c1-32(2,3)43-30(39)34-19-12-9-13-20-42-25-18-14-15-23(21-25)22-26(29(38)41-7)35-28(37)27(24-16-10-8-11-17-24)36-31(40)44-33(4,5)6/h14-15,18,21,24,26-27H,8-13,16-17,19-20,22H2,1-7H3,(H,34,39)(H,35,37)(H,36,40)/t26?,27-/m0/s1. The summed E-state index contributed by atoms with van der Waals surface area (Å²) in [6, 6.07) is 5.58. The van der Waals surface area contributed by atoms with Crippen molar-refractivity contribution in [3.05, 3.63) is 29.8 Å². The maximum absolute atomic E-state index is 13.5. The molecule has 0 spiro atoms. The van der Waals surface area contributed by atoms with E-state index in [0.717, 1.165) is 56.9 Å². The van der Waals surface area contributed by atoms with Crippen molar-refractivity contribution >= 4 is 24.1 Å². The van der Waals surface area contributed by atoms with Gasteiger partial charge in [0.15, 0.2) is 0 Å². The number of carbonyl (C=O) groups is 4. The Kier molecular flexibility index (Phi) is 14.8. The minimum atomic E-state index is -0.952. The Labute approximate surface area is 262 Å². The molecule has 0 aromatic heterocycles. The van der Waals surface area contributed by atoms with Crippen molar-refractivity contribution in [2.45, 2.75) is 123 Å². The van der Waals surface area contributed by atoms with Gasteiger partial charge in [0.2, 0.25) is 5.91 Å². The number of ether oxygens (including phenoxy) is 4. The predicted molar refractivity (Wildman–Crippen MR) is 167 cm³/mol. The van der Waals surface area contributed by atoms with E-state index in [9.17, 15) is 19.2 Å². The van der Waals surface area contributed by atoms with E-state index in [1.807, 2.05) is 45.0 Å². The summed E-state index contributed by atoms with van der Waals surface area (Å²) in [6.07, 6.45) is 6.21. The van der Waals surface area contributed by atoms with Gasteiger partial charge in [-0.2, -0.15) is 0 Å². The van der Waals surface area contributed by atoms with Gasteiger partial charge in [-0.1, -0.05) is 31.4 Å². The summed E-state index contributed by atoms with van der Waals surface area (Å²) in [6.45, 7) is 11.8. The first-order valence-corrected chi connectivity index (χ1v) is 15.7. The molecule has 2 atom stereocenters. The fourth-order valence-corrected chi connectivity index (χ4v) is 4.99. The van der Waals surface area contributed by atoms with E-state index >= 15 is 0 Å². The molecule has 0 heterocycles. The van der Waals surface area contributed by atoms with Crippen LogP contribution in [0.4, 0.5) is 9.59 Å². The number of benzene rings is 1. The van der Waals surface area contributed by atoms with Crippen LogP contribution >= 0.6 is 0 Å². The van der Waals surface area contributed by atoms with Crippen molar-refractivity contribution in [3.63, 3.8) is 0 Å². The summed E-state index contributed by atoms with van der Waals surface area (Å²) in [7, 11) is 1.28. The highest BCUT2D eigenvalue weighted by molar-refractivity contribution is 5.90. The highest BCUT2D eigenvalue weighted by Gasteiger charge is 2.35. The summed E-state index contributed by atoms with van der Waals surface area (Å²) in [5.74, 6) is -0.425. The fourth-order valence-electron chi connectivity index (χ4n) is 4.99. The second-order valence-electron chi connectivity index (χ2n) is 13.3. The summed E-state index contributed by atoms with van der Waals surface area (Å²) in [5, 5.41) is 8.34. The third-order valence-corrected chi connectivity index (χ3v) is 6.97. The molecule has 1 aromatic carbocycles. The number of methoxy groups -OCH3 is 1. The Morgan fingerprint density at radius 3 is 2.16 bits per heavy atom. The third kappa shape index (κ3) is 14.8. The zero-order valence-electron chi connectivity index (χ0n) is 27.6. The minimum absolute atomic E-state index is 0.0561. The van der Waals surface area contributed by atoms with Gasteiger partial charge in [0.25, 0.3) is 0 Å². The number of nitrogens with one attached hydrogen (secondary N) is 3. The second-order valence-corrected chi connectivity index (χ2v) is 13.3. The minimum Gasteiger partial charge on any atom is -0.494 e. The quantitative estimate of drug-likeness (QED) is 0.142. The van der Waals surface area contributed by atoms with Crippen molar-refractivity contribution in [3.8, 4) is 5.75 Å². The van der Waals surface area contributed by atoms with Crippen LogP contribution in [0.2, 0.25) is 0 Å². The lowest BCUT2D eigenvalue weighted by molar-refractivity contribution is -0.145. The molecule has 1 aliphatic carbocycles. The van der Waals surface area contributed by atoms with Crippen LogP contribution in [0.1, 0.15) is 98.5 Å².